The van der Waals surface area contributed by atoms with Crippen molar-refractivity contribution in [1.29, 1.82) is 0 Å². The number of quaternary nitrogens is 1. The van der Waals surface area contributed by atoms with Crippen LogP contribution in [-0.4, -0.2) is 43.5 Å². The van der Waals surface area contributed by atoms with Crippen LogP contribution in [0.5, 0.6) is 0 Å². The Kier molecular flexibility index (Phi) is 3.79. The van der Waals surface area contributed by atoms with Crippen LogP contribution in [-0.2, 0) is 0 Å². The van der Waals surface area contributed by atoms with E-state index in [-0.39, 0.29) is 0 Å². The summed E-state index contributed by atoms with van der Waals surface area (Å²) < 4.78 is 0. The zero-order valence-electron chi connectivity index (χ0n) is 11.4. The molecule has 0 unspecified atom stereocenters. The van der Waals surface area contributed by atoms with Gasteiger partial charge in [-0.1, -0.05) is 0 Å². The largest absolute Gasteiger partial charge is 0.300 e. The molecule has 1 aromatic carbocycles. The lowest BCUT2D eigenvalue weighted by atomic mass is 10.2. The van der Waals surface area contributed by atoms with E-state index in [1.165, 1.54) is 51.3 Å². The second-order valence-corrected chi connectivity index (χ2v) is 5.66. The Morgan fingerprint density at radius 3 is 2.47 bits per heavy atom. The monoisotopic (exact) mass is 256 g/mol. The van der Waals surface area contributed by atoms with Gasteiger partial charge < -0.3 is 4.90 Å². The maximum Gasteiger partial charge on any atom is 0.131 e. The molecule has 1 aliphatic carbocycles. The molecule has 2 aliphatic rings. The first-order chi connectivity index (χ1) is 9.35. The summed E-state index contributed by atoms with van der Waals surface area (Å²) in [7, 11) is 0. The summed E-state index contributed by atoms with van der Waals surface area (Å²) in [4.78, 5) is 8.30. The molecule has 0 amide bonds. The second kappa shape index (κ2) is 5.70. The highest BCUT2D eigenvalue weighted by Crippen LogP contribution is 2.29. The number of nitrogens with zero attached hydrogens (tertiary/aromatic N) is 2. The summed E-state index contributed by atoms with van der Waals surface area (Å²) in [6, 6.07) is 8.47. The van der Waals surface area contributed by atoms with Crippen molar-refractivity contribution in [2.75, 3.05) is 32.7 Å². The summed E-state index contributed by atoms with van der Waals surface area (Å²) in [5.74, 6) is 3.59. The Balaban J connectivity index is 1.56. The lowest BCUT2D eigenvalue weighted by molar-refractivity contribution is -0.838. The molecule has 3 nitrogen and oxygen atoms in total. The fourth-order valence-electron chi connectivity index (χ4n) is 2.82. The van der Waals surface area contributed by atoms with E-state index in [1.807, 2.05) is 0 Å². The molecule has 0 aromatic heterocycles. The summed E-state index contributed by atoms with van der Waals surface area (Å²) in [6.45, 7) is 9.74. The molecule has 1 aliphatic heterocycles. The highest BCUT2D eigenvalue weighted by Gasteiger charge is 2.28. The van der Waals surface area contributed by atoms with Crippen molar-refractivity contribution >= 4 is 17.2 Å². The van der Waals surface area contributed by atoms with E-state index in [4.69, 9.17) is 0 Å². The van der Waals surface area contributed by atoms with Gasteiger partial charge in [-0.15, -0.1) is 0 Å². The van der Waals surface area contributed by atoms with Crippen LogP contribution in [0.1, 0.15) is 12.8 Å². The van der Waals surface area contributed by atoms with Gasteiger partial charge in [0, 0.05) is 31.8 Å². The van der Waals surface area contributed by atoms with Crippen molar-refractivity contribution in [2.45, 2.75) is 12.8 Å². The van der Waals surface area contributed by atoms with Crippen LogP contribution < -0.4 is 4.90 Å². The molecular weight excluding hydrogens is 234 g/mol. The molecule has 1 saturated carbocycles. The highest BCUT2D eigenvalue weighted by molar-refractivity contribution is 5.56. The fourth-order valence-corrected chi connectivity index (χ4v) is 2.82. The Labute approximate surface area is 115 Å². The van der Waals surface area contributed by atoms with Crippen LogP contribution in [0.2, 0.25) is 0 Å². The van der Waals surface area contributed by atoms with Gasteiger partial charge in [-0.2, -0.15) is 0 Å². The first kappa shape index (κ1) is 12.6. The van der Waals surface area contributed by atoms with Crippen molar-refractivity contribution in [3.63, 3.8) is 0 Å². The van der Waals surface area contributed by atoms with E-state index >= 15 is 0 Å². The van der Waals surface area contributed by atoms with E-state index in [0.29, 0.717) is 0 Å². The average molecular weight is 256 g/mol. The van der Waals surface area contributed by atoms with Crippen LogP contribution in [0.3, 0.4) is 0 Å². The van der Waals surface area contributed by atoms with Gasteiger partial charge in [0.2, 0.25) is 0 Å². The number of hydrogen-bond donors (Lipinski definition) is 1. The minimum atomic E-state index is 0.936. The molecule has 0 atom stereocenters. The van der Waals surface area contributed by atoms with Crippen molar-refractivity contribution < 1.29 is 4.90 Å². The molecule has 0 radical (unpaired) electrons. The quantitative estimate of drug-likeness (QED) is 0.808. The van der Waals surface area contributed by atoms with E-state index in [0.717, 1.165) is 11.6 Å². The molecule has 1 heterocycles. The maximum absolute atomic E-state index is 4.07. The van der Waals surface area contributed by atoms with Gasteiger partial charge in [-0.3, -0.25) is 4.90 Å². The first-order valence-electron chi connectivity index (χ1n) is 7.25. The standard InChI is InChI=1S/C16H21N3/c1-2-17-15-5-7-16(8-6-15)19-11-9-18(10-12-19)13-14-3-4-14/h5-8,14H,1,3-4,9-13H2/p+1. The minimum absolute atomic E-state index is 0.936. The molecule has 0 bridgehead atoms. The van der Waals surface area contributed by atoms with Gasteiger partial charge in [0.25, 0.3) is 0 Å². The minimum Gasteiger partial charge on any atom is -0.300 e. The number of rotatable bonds is 4. The molecule has 1 saturated heterocycles. The van der Waals surface area contributed by atoms with Gasteiger partial charge in [0.15, 0.2) is 0 Å². The molecule has 3 heteroatoms. The lowest BCUT2D eigenvalue weighted by Gasteiger charge is -2.31. The molecule has 1 aromatic rings. The molecular formula is C16H22N3+. The van der Waals surface area contributed by atoms with Gasteiger partial charge in [-0.05, 0) is 43.3 Å². The van der Waals surface area contributed by atoms with Gasteiger partial charge in [0.1, 0.15) is 5.69 Å². The number of piperazine rings is 1. The third kappa shape index (κ3) is 3.32. The van der Waals surface area contributed by atoms with Crippen molar-refractivity contribution in [3.8, 4) is 0 Å². The van der Waals surface area contributed by atoms with Crippen LogP contribution in [0, 0.1) is 5.92 Å². The van der Waals surface area contributed by atoms with E-state index < -0.39 is 0 Å². The predicted octanol–water partition coefficient (Wildman–Crippen LogP) is 1.42. The zero-order valence-corrected chi connectivity index (χ0v) is 11.4. The number of hydrogen-bond acceptors (Lipinski definition) is 2. The van der Waals surface area contributed by atoms with Crippen molar-refractivity contribution in [1.82, 2.24) is 4.90 Å². The van der Waals surface area contributed by atoms with Gasteiger partial charge in [0.05, 0.1) is 18.8 Å². The summed E-state index contributed by atoms with van der Waals surface area (Å²) in [6.07, 6.45) is 2.91. The Morgan fingerprint density at radius 2 is 1.89 bits per heavy atom. The van der Waals surface area contributed by atoms with Crippen LogP contribution in [0.25, 0.3) is 0 Å². The third-order valence-electron chi connectivity index (χ3n) is 4.16. The Hall–Kier alpha value is -1.41. The zero-order chi connectivity index (χ0) is 13.1. The molecule has 19 heavy (non-hydrogen) atoms. The molecule has 0 spiro atoms. The lowest BCUT2D eigenvalue weighted by Crippen LogP contribution is -3.10. The van der Waals surface area contributed by atoms with E-state index in [9.17, 15) is 0 Å². The summed E-state index contributed by atoms with van der Waals surface area (Å²) in [5.41, 5.74) is 2.32. The maximum atomic E-state index is 4.07. The average Bonchev–Trinajstić information content (AvgIpc) is 3.25. The molecule has 100 valence electrons. The van der Waals surface area contributed by atoms with Crippen molar-refractivity contribution in [2.24, 2.45) is 10.9 Å². The fraction of sp³-hybridized carbons (Fsp3) is 0.500. The Morgan fingerprint density at radius 1 is 1.21 bits per heavy atom. The normalized spacial score (nSPS) is 21.1. The second-order valence-electron chi connectivity index (χ2n) is 5.66. The van der Waals surface area contributed by atoms with Crippen LogP contribution in [0.15, 0.2) is 35.8 Å². The highest BCUT2D eigenvalue weighted by atomic mass is 15.3. The van der Waals surface area contributed by atoms with Crippen LogP contribution in [0.4, 0.5) is 11.4 Å². The topological polar surface area (TPSA) is 20.0 Å². The SMILES string of the molecule is C=C=Nc1ccc([NH+]2CCN(CC3CC3)CC2)cc1. The van der Waals surface area contributed by atoms with Crippen molar-refractivity contribution in [3.05, 3.63) is 30.8 Å². The summed E-state index contributed by atoms with van der Waals surface area (Å²) in [5, 5.41) is 0. The molecule has 2 fully saturated rings. The van der Waals surface area contributed by atoms with E-state index in [1.54, 1.807) is 4.90 Å². The third-order valence-corrected chi connectivity index (χ3v) is 4.16. The number of benzene rings is 1. The smallest absolute Gasteiger partial charge is 0.131 e. The van der Waals surface area contributed by atoms with E-state index in [2.05, 4.69) is 46.6 Å². The molecule has 3 rings (SSSR count). The van der Waals surface area contributed by atoms with Gasteiger partial charge >= 0.3 is 0 Å². The number of nitrogens with one attached hydrogen (secondary N) is 1. The number of aliphatic imine (C=N–C) groups is 1. The summed E-state index contributed by atoms with van der Waals surface area (Å²) >= 11 is 0. The van der Waals surface area contributed by atoms with Gasteiger partial charge in [-0.25, -0.2) is 4.99 Å². The predicted molar refractivity (Wildman–Crippen MR) is 78.7 cm³/mol. The Bertz CT molecular complexity index is 461. The first-order valence-corrected chi connectivity index (χ1v) is 7.25. The molecule has 1 N–H and O–H groups in total. The van der Waals surface area contributed by atoms with Crippen LogP contribution >= 0.6 is 0 Å².